The van der Waals surface area contributed by atoms with Crippen molar-refractivity contribution in [3.63, 3.8) is 0 Å². The molecule has 168 valence electrons. The zero-order valence-corrected chi connectivity index (χ0v) is 19.3. The van der Waals surface area contributed by atoms with E-state index in [0.717, 1.165) is 62.8 Å². The van der Waals surface area contributed by atoms with Crippen LogP contribution in [0.2, 0.25) is 0 Å². The Hall–Kier alpha value is -2.12. The van der Waals surface area contributed by atoms with Crippen LogP contribution in [-0.2, 0) is 11.2 Å². The highest BCUT2D eigenvalue weighted by molar-refractivity contribution is 5.94. The van der Waals surface area contributed by atoms with E-state index in [1.54, 1.807) is 19.0 Å². The highest BCUT2D eigenvalue weighted by atomic mass is 16.5. The van der Waals surface area contributed by atoms with E-state index in [2.05, 4.69) is 42.4 Å². The van der Waals surface area contributed by atoms with Gasteiger partial charge in [-0.1, -0.05) is 26.0 Å². The minimum atomic E-state index is 0.0266. The summed E-state index contributed by atoms with van der Waals surface area (Å²) in [6, 6.07) is 7.82. The van der Waals surface area contributed by atoms with Gasteiger partial charge in [0, 0.05) is 52.4 Å². The molecule has 7 nitrogen and oxygen atoms in total. The smallest absolute Gasteiger partial charge is 0.253 e. The van der Waals surface area contributed by atoms with Gasteiger partial charge >= 0.3 is 0 Å². The summed E-state index contributed by atoms with van der Waals surface area (Å²) in [4.78, 5) is 20.9. The third-order valence-corrected chi connectivity index (χ3v) is 4.93. The molecule has 7 heteroatoms. The number of hydrogen-bond acceptors (Lipinski definition) is 4. The fourth-order valence-electron chi connectivity index (χ4n) is 3.55. The van der Waals surface area contributed by atoms with Crippen molar-refractivity contribution in [2.45, 2.75) is 33.3 Å². The van der Waals surface area contributed by atoms with Crippen molar-refractivity contribution >= 4 is 11.9 Å². The molecule has 1 fully saturated rings. The van der Waals surface area contributed by atoms with E-state index in [1.807, 2.05) is 18.2 Å². The molecule has 0 spiro atoms. The Morgan fingerprint density at radius 3 is 2.83 bits per heavy atom. The van der Waals surface area contributed by atoms with Crippen molar-refractivity contribution in [2.75, 3.05) is 60.0 Å². The van der Waals surface area contributed by atoms with E-state index in [-0.39, 0.29) is 12.0 Å². The Morgan fingerprint density at radius 2 is 2.13 bits per heavy atom. The van der Waals surface area contributed by atoms with Crippen LogP contribution in [0.3, 0.4) is 0 Å². The van der Waals surface area contributed by atoms with Gasteiger partial charge in [0.05, 0.1) is 19.3 Å². The van der Waals surface area contributed by atoms with Crippen LogP contribution in [0.1, 0.15) is 36.7 Å². The highest BCUT2D eigenvalue weighted by Gasteiger charge is 2.20. The fourth-order valence-corrected chi connectivity index (χ4v) is 3.55. The van der Waals surface area contributed by atoms with E-state index >= 15 is 0 Å². The summed E-state index contributed by atoms with van der Waals surface area (Å²) in [6.45, 7) is 12.6. The number of carbonyl (C=O) groups is 1. The van der Waals surface area contributed by atoms with Gasteiger partial charge in [0.2, 0.25) is 0 Å². The first kappa shape index (κ1) is 24.2. The first-order chi connectivity index (χ1) is 14.4. The molecule has 1 aliphatic rings. The second-order valence-electron chi connectivity index (χ2n) is 8.44. The number of hydrogen-bond donors (Lipinski definition) is 2. The monoisotopic (exact) mass is 417 g/mol. The number of nitrogens with zero attached hydrogens (tertiary/aromatic N) is 3. The highest BCUT2D eigenvalue weighted by Crippen LogP contribution is 2.09. The maximum atomic E-state index is 12.1. The molecule has 1 atom stereocenters. The van der Waals surface area contributed by atoms with Crippen LogP contribution >= 0.6 is 0 Å². The molecule has 1 aliphatic heterocycles. The van der Waals surface area contributed by atoms with Gasteiger partial charge < -0.3 is 20.3 Å². The van der Waals surface area contributed by atoms with Crippen LogP contribution in [0.15, 0.2) is 29.3 Å². The standard InChI is InChI=1S/C23H39N5O2/c1-6-24-23(26-15-21-17-28(12-13-30-21)16-18(2)3)25-11-10-19-8-7-9-20(14-19)22(29)27(4)5/h7-9,14,18,21H,6,10-13,15-17H2,1-5H3,(H2,24,25,26). The SMILES string of the molecule is CCNC(=NCC1CN(CC(C)C)CCO1)NCCc1cccc(C(=O)N(C)C)c1. The summed E-state index contributed by atoms with van der Waals surface area (Å²) in [6.07, 6.45) is 0.961. The molecule has 1 heterocycles. The van der Waals surface area contributed by atoms with E-state index in [0.29, 0.717) is 12.5 Å². The number of aliphatic imine (C=N–C) groups is 1. The van der Waals surface area contributed by atoms with Crippen LogP contribution in [-0.4, -0.2) is 87.7 Å². The number of benzene rings is 1. The average molecular weight is 418 g/mol. The quantitative estimate of drug-likeness (QED) is 0.474. The molecule has 1 unspecified atom stereocenters. The third-order valence-electron chi connectivity index (χ3n) is 4.93. The number of nitrogens with one attached hydrogen (secondary N) is 2. The molecule has 0 saturated carbocycles. The van der Waals surface area contributed by atoms with E-state index in [1.165, 1.54) is 0 Å². The second kappa shape index (κ2) is 12.5. The largest absolute Gasteiger partial charge is 0.374 e. The molecule has 30 heavy (non-hydrogen) atoms. The van der Waals surface area contributed by atoms with Crippen LogP contribution in [0.5, 0.6) is 0 Å². The maximum absolute atomic E-state index is 12.1. The Bertz CT molecular complexity index is 690. The van der Waals surface area contributed by atoms with Gasteiger partial charge in [-0.15, -0.1) is 0 Å². The minimum Gasteiger partial charge on any atom is -0.374 e. The Kier molecular flexibility index (Phi) is 10.1. The summed E-state index contributed by atoms with van der Waals surface area (Å²) in [5.41, 5.74) is 1.85. The lowest BCUT2D eigenvalue weighted by Gasteiger charge is -2.33. The molecule has 1 aromatic carbocycles. The van der Waals surface area contributed by atoms with Crippen molar-refractivity contribution in [2.24, 2.45) is 10.9 Å². The van der Waals surface area contributed by atoms with Gasteiger partial charge in [-0.2, -0.15) is 0 Å². The Balaban J connectivity index is 1.85. The van der Waals surface area contributed by atoms with Crippen molar-refractivity contribution < 1.29 is 9.53 Å². The molecule has 1 amide bonds. The van der Waals surface area contributed by atoms with Gasteiger partial charge in [-0.05, 0) is 37.0 Å². The average Bonchev–Trinajstić information content (AvgIpc) is 2.71. The van der Waals surface area contributed by atoms with E-state index < -0.39 is 0 Å². The summed E-state index contributed by atoms with van der Waals surface area (Å²) >= 11 is 0. The second-order valence-corrected chi connectivity index (χ2v) is 8.44. The van der Waals surface area contributed by atoms with Crippen molar-refractivity contribution in [1.29, 1.82) is 0 Å². The topological polar surface area (TPSA) is 69.2 Å². The van der Waals surface area contributed by atoms with Crippen LogP contribution in [0.25, 0.3) is 0 Å². The third kappa shape index (κ3) is 8.32. The first-order valence-electron chi connectivity index (χ1n) is 11.1. The van der Waals surface area contributed by atoms with E-state index in [4.69, 9.17) is 9.73 Å². The molecule has 1 aromatic rings. The van der Waals surface area contributed by atoms with Gasteiger partial charge in [-0.3, -0.25) is 14.7 Å². The van der Waals surface area contributed by atoms with Crippen molar-refractivity contribution in [1.82, 2.24) is 20.4 Å². The lowest BCUT2D eigenvalue weighted by Crippen LogP contribution is -2.46. The number of guanidine groups is 1. The van der Waals surface area contributed by atoms with Crippen molar-refractivity contribution in [3.05, 3.63) is 35.4 Å². The normalized spacial score (nSPS) is 17.8. The zero-order chi connectivity index (χ0) is 21.9. The maximum Gasteiger partial charge on any atom is 0.253 e. The summed E-state index contributed by atoms with van der Waals surface area (Å²) in [5.74, 6) is 1.50. The van der Waals surface area contributed by atoms with Gasteiger partial charge in [0.1, 0.15) is 0 Å². The number of morpholine rings is 1. The molecule has 0 radical (unpaired) electrons. The molecule has 1 saturated heterocycles. The van der Waals surface area contributed by atoms with Crippen molar-refractivity contribution in [3.8, 4) is 0 Å². The number of carbonyl (C=O) groups excluding carboxylic acids is 1. The summed E-state index contributed by atoms with van der Waals surface area (Å²) in [5, 5.41) is 6.70. The predicted octanol–water partition coefficient (Wildman–Crippen LogP) is 1.84. The molecule has 0 bridgehead atoms. The lowest BCUT2D eigenvalue weighted by atomic mass is 10.1. The fraction of sp³-hybridized carbons (Fsp3) is 0.652. The molecule has 0 aromatic heterocycles. The molecule has 0 aliphatic carbocycles. The Morgan fingerprint density at radius 1 is 1.33 bits per heavy atom. The van der Waals surface area contributed by atoms with Crippen LogP contribution in [0, 0.1) is 5.92 Å². The molecule has 2 N–H and O–H groups in total. The number of rotatable bonds is 9. The molecular formula is C23H39N5O2. The lowest BCUT2D eigenvalue weighted by molar-refractivity contribution is -0.0261. The van der Waals surface area contributed by atoms with Gasteiger partial charge in [0.25, 0.3) is 5.91 Å². The zero-order valence-electron chi connectivity index (χ0n) is 19.3. The van der Waals surface area contributed by atoms with E-state index in [9.17, 15) is 4.79 Å². The van der Waals surface area contributed by atoms with Crippen LogP contribution in [0.4, 0.5) is 0 Å². The Labute approximate surface area is 181 Å². The first-order valence-corrected chi connectivity index (χ1v) is 11.1. The van der Waals surface area contributed by atoms with Gasteiger partial charge in [0.15, 0.2) is 5.96 Å². The number of amides is 1. The minimum absolute atomic E-state index is 0.0266. The molecular weight excluding hydrogens is 378 g/mol. The number of ether oxygens (including phenoxy) is 1. The summed E-state index contributed by atoms with van der Waals surface area (Å²) in [7, 11) is 3.54. The van der Waals surface area contributed by atoms with Crippen LogP contribution < -0.4 is 10.6 Å². The van der Waals surface area contributed by atoms with Gasteiger partial charge in [-0.25, -0.2) is 0 Å². The summed E-state index contributed by atoms with van der Waals surface area (Å²) < 4.78 is 5.91. The predicted molar refractivity (Wildman–Crippen MR) is 123 cm³/mol. The molecule has 2 rings (SSSR count).